The van der Waals surface area contributed by atoms with E-state index in [0.717, 1.165) is 9.35 Å². The first-order chi connectivity index (χ1) is 8.60. The predicted molar refractivity (Wildman–Crippen MR) is 75.9 cm³/mol. The molecule has 2 rings (SSSR count). The fraction of sp³-hybridized carbons (Fsp3) is 0.167. The number of nitrogens with two attached hydrogens (primary N) is 1. The molecule has 0 radical (unpaired) electrons. The van der Waals surface area contributed by atoms with Crippen molar-refractivity contribution in [1.82, 2.24) is 0 Å². The second-order valence-electron chi connectivity index (χ2n) is 3.56. The highest BCUT2D eigenvalue weighted by atomic mass is 79.9. The maximum Gasteiger partial charge on any atom is 0.165 e. The van der Waals surface area contributed by atoms with E-state index in [2.05, 4.69) is 15.9 Å². The van der Waals surface area contributed by atoms with Gasteiger partial charge in [-0.25, -0.2) is 4.39 Å². The van der Waals surface area contributed by atoms with Gasteiger partial charge in [0, 0.05) is 15.9 Å². The van der Waals surface area contributed by atoms with Crippen molar-refractivity contribution in [2.75, 3.05) is 6.54 Å². The molecule has 1 aromatic heterocycles. The number of benzene rings is 1. The van der Waals surface area contributed by atoms with Crippen molar-refractivity contribution in [1.29, 1.82) is 0 Å². The summed E-state index contributed by atoms with van der Waals surface area (Å²) in [4.78, 5) is 0.877. The molecule has 1 atom stereocenters. The van der Waals surface area contributed by atoms with Crippen molar-refractivity contribution < 1.29 is 9.13 Å². The fourth-order valence-electron chi connectivity index (χ4n) is 1.44. The predicted octanol–water partition coefficient (Wildman–Crippen LogP) is 4.38. The van der Waals surface area contributed by atoms with E-state index in [4.69, 9.17) is 22.1 Å². The van der Waals surface area contributed by atoms with Gasteiger partial charge in [0.25, 0.3) is 0 Å². The van der Waals surface area contributed by atoms with Crippen LogP contribution in [0, 0.1) is 5.82 Å². The van der Waals surface area contributed by atoms with Crippen LogP contribution in [0.1, 0.15) is 11.0 Å². The van der Waals surface area contributed by atoms with Crippen molar-refractivity contribution >= 4 is 38.9 Å². The van der Waals surface area contributed by atoms with Crippen LogP contribution in [-0.2, 0) is 0 Å². The summed E-state index contributed by atoms with van der Waals surface area (Å²) in [7, 11) is 0. The number of rotatable bonds is 4. The third-order valence-corrected chi connectivity index (χ3v) is 4.10. The smallest absolute Gasteiger partial charge is 0.165 e. The molecule has 0 aliphatic rings. The molecule has 2 N–H and O–H groups in total. The second-order valence-corrected chi connectivity index (χ2v) is 6.22. The molecule has 0 bridgehead atoms. The first kappa shape index (κ1) is 13.8. The summed E-state index contributed by atoms with van der Waals surface area (Å²) < 4.78 is 20.6. The zero-order valence-corrected chi connectivity index (χ0v) is 12.4. The van der Waals surface area contributed by atoms with Gasteiger partial charge < -0.3 is 10.5 Å². The average molecular weight is 351 g/mol. The van der Waals surface area contributed by atoms with Gasteiger partial charge in [-0.3, -0.25) is 0 Å². The summed E-state index contributed by atoms with van der Waals surface area (Å²) in [5.74, 6) is -0.247. The van der Waals surface area contributed by atoms with Gasteiger partial charge in [0.15, 0.2) is 11.6 Å². The Morgan fingerprint density at radius 1 is 1.39 bits per heavy atom. The lowest BCUT2D eigenvalue weighted by atomic mass is 10.2. The van der Waals surface area contributed by atoms with Crippen LogP contribution in [0.5, 0.6) is 5.75 Å². The summed E-state index contributed by atoms with van der Waals surface area (Å²) in [5, 5.41) is 0. The monoisotopic (exact) mass is 349 g/mol. The molecule has 1 heterocycles. The van der Waals surface area contributed by atoms with Gasteiger partial charge in [-0.1, -0.05) is 27.5 Å². The maximum absolute atomic E-state index is 13.6. The summed E-state index contributed by atoms with van der Waals surface area (Å²) in [6, 6.07) is 8.13. The zero-order chi connectivity index (χ0) is 13.1. The van der Waals surface area contributed by atoms with E-state index in [-0.39, 0.29) is 12.3 Å². The van der Waals surface area contributed by atoms with E-state index in [1.54, 1.807) is 18.2 Å². The highest BCUT2D eigenvalue weighted by Gasteiger charge is 2.16. The first-order valence-corrected chi connectivity index (χ1v) is 7.16. The first-order valence-electron chi connectivity index (χ1n) is 5.17. The van der Waals surface area contributed by atoms with Crippen LogP contribution in [-0.4, -0.2) is 6.54 Å². The molecule has 0 spiro atoms. The lowest BCUT2D eigenvalue weighted by molar-refractivity contribution is 0.208. The summed E-state index contributed by atoms with van der Waals surface area (Å²) in [5.41, 5.74) is 5.65. The lowest BCUT2D eigenvalue weighted by Crippen LogP contribution is -2.17. The average Bonchev–Trinajstić information content (AvgIpc) is 2.77. The normalized spacial score (nSPS) is 12.4. The zero-order valence-electron chi connectivity index (χ0n) is 9.20. The largest absolute Gasteiger partial charge is 0.480 e. The lowest BCUT2D eigenvalue weighted by Gasteiger charge is -2.16. The van der Waals surface area contributed by atoms with Crippen molar-refractivity contribution in [3.05, 3.63) is 49.8 Å². The van der Waals surface area contributed by atoms with E-state index in [0.29, 0.717) is 4.34 Å². The standard InChI is InChI=1S/C12H10BrClFNOS/c13-7-1-2-8(15)9(5-7)17-10(6-16)11-3-4-12(14)18-11/h1-5,10H,6,16H2. The van der Waals surface area contributed by atoms with Crippen LogP contribution in [0.4, 0.5) is 4.39 Å². The topological polar surface area (TPSA) is 35.2 Å². The van der Waals surface area contributed by atoms with E-state index in [1.807, 2.05) is 6.07 Å². The Hall–Kier alpha value is -0.620. The molecule has 2 nitrogen and oxygen atoms in total. The third kappa shape index (κ3) is 3.23. The molecule has 0 aliphatic heterocycles. The van der Waals surface area contributed by atoms with E-state index < -0.39 is 11.9 Å². The van der Waals surface area contributed by atoms with Gasteiger partial charge in [-0.2, -0.15) is 0 Å². The molecule has 6 heteroatoms. The summed E-state index contributed by atoms with van der Waals surface area (Å²) in [6.45, 7) is 0.253. The molecular formula is C12H10BrClFNOS. The van der Waals surface area contributed by atoms with Crippen LogP contribution >= 0.6 is 38.9 Å². The number of hydrogen-bond acceptors (Lipinski definition) is 3. The van der Waals surface area contributed by atoms with Gasteiger partial charge in [-0.05, 0) is 30.3 Å². The van der Waals surface area contributed by atoms with E-state index in [1.165, 1.54) is 17.4 Å². The molecule has 1 unspecified atom stereocenters. The SMILES string of the molecule is NCC(Oc1cc(Br)ccc1F)c1ccc(Cl)s1. The molecule has 0 fully saturated rings. The maximum atomic E-state index is 13.6. The molecule has 0 aliphatic carbocycles. The van der Waals surface area contributed by atoms with Crippen LogP contribution in [0.2, 0.25) is 4.34 Å². The Labute approximate surface area is 122 Å². The summed E-state index contributed by atoms with van der Waals surface area (Å²) in [6.07, 6.45) is -0.397. The van der Waals surface area contributed by atoms with Gasteiger partial charge in [0.2, 0.25) is 0 Å². The molecular weight excluding hydrogens is 341 g/mol. The molecule has 18 heavy (non-hydrogen) atoms. The highest BCUT2D eigenvalue weighted by molar-refractivity contribution is 9.10. The summed E-state index contributed by atoms with van der Waals surface area (Å²) >= 11 is 10.5. The van der Waals surface area contributed by atoms with Crippen molar-refractivity contribution in [2.45, 2.75) is 6.10 Å². The van der Waals surface area contributed by atoms with Crippen LogP contribution < -0.4 is 10.5 Å². The van der Waals surface area contributed by atoms with Gasteiger partial charge >= 0.3 is 0 Å². The minimum Gasteiger partial charge on any atom is -0.480 e. The minimum absolute atomic E-state index is 0.171. The van der Waals surface area contributed by atoms with E-state index in [9.17, 15) is 4.39 Å². The number of hydrogen-bond donors (Lipinski definition) is 1. The Kier molecular flexibility index (Phi) is 4.61. The molecule has 2 aromatic rings. The van der Waals surface area contributed by atoms with Gasteiger partial charge in [0.05, 0.1) is 4.34 Å². The highest BCUT2D eigenvalue weighted by Crippen LogP contribution is 2.31. The second kappa shape index (κ2) is 6.02. The van der Waals surface area contributed by atoms with Crippen molar-refractivity contribution in [3.8, 4) is 5.75 Å². The molecule has 1 aromatic carbocycles. The number of ether oxygens (including phenoxy) is 1. The minimum atomic E-state index is -0.417. The fourth-order valence-corrected chi connectivity index (χ4v) is 2.89. The number of thiophene rings is 1. The van der Waals surface area contributed by atoms with Crippen LogP contribution in [0.15, 0.2) is 34.8 Å². The molecule has 0 amide bonds. The van der Waals surface area contributed by atoms with Crippen LogP contribution in [0.3, 0.4) is 0 Å². The van der Waals surface area contributed by atoms with Gasteiger partial charge in [-0.15, -0.1) is 11.3 Å². The number of halogens is 3. The molecule has 96 valence electrons. The van der Waals surface area contributed by atoms with Crippen molar-refractivity contribution in [3.63, 3.8) is 0 Å². The molecule has 0 saturated heterocycles. The Morgan fingerprint density at radius 2 is 2.17 bits per heavy atom. The third-order valence-electron chi connectivity index (χ3n) is 2.29. The quantitative estimate of drug-likeness (QED) is 0.888. The van der Waals surface area contributed by atoms with Crippen molar-refractivity contribution in [2.24, 2.45) is 5.73 Å². The Morgan fingerprint density at radius 3 is 2.78 bits per heavy atom. The Balaban J connectivity index is 2.22. The Bertz CT molecular complexity index is 549. The van der Waals surface area contributed by atoms with Gasteiger partial charge in [0.1, 0.15) is 6.10 Å². The molecule has 0 saturated carbocycles. The van der Waals surface area contributed by atoms with E-state index >= 15 is 0 Å². The van der Waals surface area contributed by atoms with Crippen LogP contribution in [0.25, 0.3) is 0 Å².